The molecule has 0 radical (unpaired) electrons. The molecule has 2 aromatic carbocycles. The number of benzene rings is 2. The molecule has 31 heavy (non-hydrogen) atoms. The number of nitrogens with one attached hydrogen (secondary N) is 1. The molecule has 0 saturated carbocycles. The third-order valence-corrected chi connectivity index (χ3v) is 6.33. The Bertz CT molecular complexity index is 1050. The fraction of sp³-hybridized carbons (Fsp3) is 0.333. The van der Waals surface area contributed by atoms with E-state index in [-0.39, 0.29) is 23.1 Å². The number of carbonyl (C=O) groups is 2. The van der Waals surface area contributed by atoms with Crippen molar-refractivity contribution in [2.24, 2.45) is 15.9 Å². The van der Waals surface area contributed by atoms with Crippen molar-refractivity contribution < 1.29 is 9.59 Å². The van der Waals surface area contributed by atoms with Gasteiger partial charge in [0.15, 0.2) is 5.17 Å². The van der Waals surface area contributed by atoms with Crippen LogP contribution in [0.25, 0.3) is 0 Å². The van der Waals surface area contributed by atoms with Crippen LogP contribution in [0.5, 0.6) is 0 Å². The predicted molar refractivity (Wildman–Crippen MR) is 126 cm³/mol. The van der Waals surface area contributed by atoms with E-state index >= 15 is 0 Å². The Morgan fingerprint density at radius 2 is 1.77 bits per heavy atom. The van der Waals surface area contributed by atoms with E-state index in [2.05, 4.69) is 24.2 Å². The number of carbonyl (C=O) groups excluding carboxylic acids is 2. The van der Waals surface area contributed by atoms with Gasteiger partial charge in [0.1, 0.15) is 11.9 Å². The van der Waals surface area contributed by atoms with Gasteiger partial charge >= 0.3 is 0 Å². The highest BCUT2D eigenvalue weighted by molar-refractivity contribution is 8.14. The van der Waals surface area contributed by atoms with Crippen molar-refractivity contribution >= 4 is 40.3 Å². The Morgan fingerprint density at radius 1 is 1.06 bits per heavy atom. The molecule has 2 amide bonds. The van der Waals surface area contributed by atoms with Gasteiger partial charge in [0.2, 0.25) is 5.91 Å². The number of rotatable bonds is 6. The second kappa shape index (κ2) is 9.06. The minimum Gasteiger partial charge on any atom is -0.351 e. The average Bonchev–Trinajstić information content (AvgIpc) is 3.08. The highest BCUT2D eigenvalue weighted by Crippen LogP contribution is 2.36. The summed E-state index contributed by atoms with van der Waals surface area (Å²) in [6.07, 6.45) is 0.683. The molecule has 7 heteroatoms. The number of amides is 2. The summed E-state index contributed by atoms with van der Waals surface area (Å²) < 4.78 is 0. The van der Waals surface area contributed by atoms with Gasteiger partial charge in [-0.1, -0.05) is 68.1 Å². The molecule has 2 unspecified atom stereocenters. The van der Waals surface area contributed by atoms with Crippen LogP contribution in [-0.4, -0.2) is 39.0 Å². The molecular formula is C24H26N4O2S. The first-order valence-corrected chi connectivity index (χ1v) is 11.4. The minimum absolute atomic E-state index is 0.0696. The van der Waals surface area contributed by atoms with Crippen LogP contribution >= 0.6 is 11.8 Å². The third-order valence-electron chi connectivity index (χ3n) is 5.26. The van der Waals surface area contributed by atoms with E-state index in [9.17, 15) is 9.59 Å². The highest BCUT2D eigenvalue weighted by Gasteiger charge is 2.42. The van der Waals surface area contributed by atoms with Gasteiger partial charge in [-0.2, -0.15) is 4.99 Å². The van der Waals surface area contributed by atoms with E-state index in [1.165, 1.54) is 11.8 Å². The molecule has 1 N–H and O–H groups in total. The first kappa shape index (κ1) is 21.3. The molecule has 0 fully saturated rings. The smallest absolute Gasteiger partial charge is 0.270 e. The first-order valence-electron chi connectivity index (χ1n) is 10.5. The van der Waals surface area contributed by atoms with Crippen molar-refractivity contribution in [3.05, 3.63) is 65.7 Å². The first-order chi connectivity index (χ1) is 14.9. The number of aliphatic imine (C=N–C) groups is 2. The third kappa shape index (κ3) is 4.56. The molecule has 0 aliphatic carbocycles. The molecule has 0 bridgehead atoms. The van der Waals surface area contributed by atoms with Gasteiger partial charge in [-0.15, -0.1) is 0 Å². The molecule has 6 nitrogen and oxygen atoms in total. The van der Waals surface area contributed by atoms with Crippen LogP contribution < -0.4 is 5.32 Å². The van der Waals surface area contributed by atoms with Crippen molar-refractivity contribution in [1.82, 2.24) is 10.2 Å². The van der Waals surface area contributed by atoms with Crippen molar-refractivity contribution in [3.63, 3.8) is 0 Å². The maximum absolute atomic E-state index is 12.7. The fourth-order valence-corrected chi connectivity index (χ4v) is 4.68. The quantitative estimate of drug-likeness (QED) is 0.742. The Balaban J connectivity index is 1.55. The number of para-hydroxylation sites is 1. The molecule has 0 spiro atoms. The Labute approximate surface area is 186 Å². The van der Waals surface area contributed by atoms with E-state index in [1.807, 2.05) is 66.4 Å². The number of nitrogens with zero attached hydrogens (tertiary/aromatic N) is 3. The zero-order valence-corrected chi connectivity index (χ0v) is 18.7. The van der Waals surface area contributed by atoms with Gasteiger partial charge in [-0.25, -0.2) is 4.99 Å². The van der Waals surface area contributed by atoms with Crippen molar-refractivity contribution in [3.8, 4) is 0 Å². The molecule has 2 aromatic rings. The summed E-state index contributed by atoms with van der Waals surface area (Å²) in [5.41, 5.74) is 2.68. The maximum Gasteiger partial charge on any atom is 0.270 e. The zero-order valence-electron chi connectivity index (χ0n) is 17.9. The van der Waals surface area contributed by atoms with Gasteiger partial charge in [0.05, 0.1) is 10.9 Å². The summed E-state index contributed by atoms with van der Waals surface area (Å²) in [7, 11) is 0. The van der Waals surface area contributed by atoms with Crippen molar-refractivity contribution in [2.45, 2.75) is 45.0 Å². The van der Waals surface area contributed by atoms with Crippen LogP contribution in [0.3, 0.4) is 0 Å². The summed E-state index contributed by atoms with van der Waals surface area (Å²) in [6.45, 7) is 6.52. The van der Waals surface area contributed by atoms with Crippen molar-refractivity contribution in [1.29, 1.82) is 0 Å². The summed E-state index contributed by atoms with van der Waals surface area (Å²) in [6, 6.07) is 17.1. The molecule has 2 aliphatic rings. The molecule has 4 rings (SSSR count). The number of fused-ring (bicyclic) bond motifs is 3. The lowest BCUT2D eigenvalue weighted by Gasteiger charge is -2.32. The molecule has 0 aromatic heterocycles. The molecule has 2 aliphatic heterocycles. The molecule has 160 valence electrons. The van der Waals surface area contributed by atoms with Gasteiger partial charge in [-0.3, -0.25) is 14.5 Å². The Kier molecular flexibility index (Phi) is 6.23. The van der Waals surface area contributed by atoms with Crippen LogP contribution in [0, 0.1) is 5.92 Å². The summed E-state index contributed by atoms with van der Waals surface area (Å²) in [5.74, 6) is 0.758. The lowest BCUT2D eigenvalue weighted by Crippen LogP contribution is -2.45. The van der Waals surface area contributed by atoms with Crippen LogP contribution in [-0.2, 0) is 16.1 Å². The predicted octanol–water partition coefficient (Wildman–Crippen LogP) is 4.13. The normalized spacial score (nSPS) is 18.3. The maximum atomic E-state index is 12.7. The summed E-state index contributed by atoms with van der Waals surface area (Å²) >= 11 is 1.37. The van der Waals surface area contributed by atoms with E-state index < -0.39 is 0 Å². The molecular weight excluding hydrogens is 408 g/mol. The number of thioether (sulfide) groups is 1. The van der Waals surface area contributed by atoms with Crippen LogP contribution in [0.1, 0.15) is 38.3 Å². The van der Waals surface area contributed by atoms with E-state index in [0.717, 1.165) is 16.8 Å². The number of hydrogen-bond donors (Lipinski definition) is 1. The molecule has 0 saturated heterocycles. The topological polar surface area (TPSA) is 74.1 Å². The SMILES string of the molecule is CC(C)CC1C(=O)N=C2c3ccccc3N=C(SC(C)C(=O)NCc3ccccc3)N21. The molecule has 2 atom stereocenters. The van der Waals surface area contributed by atoms with Crippen molar-refractivity contribution in [2.75, 3.05) is 0 Å². The van der Waals surface area contributed by atoms with E-state index in [4.69, 9.17) is 4.99 Å². The lowest BCUT2D eigenvalue weighted by molar-refractivity contribution is -0.120. The minimum atomic E-state index is -0.380. The Morgan fingerprint density at radius 3 is 2.52 bits per heavy atom. The van der Waals surface area contributed by atoms with Gasteiger partial charge < -0.3 is 5.32 Å². The summed E-state index contributed by atoms with van der Waals surface area (Å²) in [4.78, 5) is 36.6. The largest absolute Gasteiger partial charge is 0.351 e. The Hall–Kier alpha value is -2.93. The number of hydrogen-bond acceptors (Lipinski definition) is 5. The lowest BCUT2D eigenvalue weighted by atomic mass is 10.0. The van der Waals surface area contributed by atoms with Crippen LogP contribution in [0.4, 0.5) is 5.69 Å². The zero-order chi connectivity index (χ0) is 22.0. The highest BCUT2D eigenvalue weighted by atomic mass is 32.2. The molecule has 2 heterocycles. The summed E-state index contributed by atoms with van der Waals surface area (Å²) in [5, 5.41) is 3.27. The van der Waals surface area contributed by atoms with Gasteiger partial charge in [-0.05, 0) is 37.0 Å². The van der Waals surface area contributed by atoms with Gasteiger partial charge in [0, 0.05) is 12.1 Å². The van der Waals surface area contributed by atoms with Gasteiger partial charge in [0.25, 0.3) is 5.91 Å². The monoisotopic (exact) mass is 434 g/mol. The van der Waals surface area contributed by atoms with E-state index in [1.54, 1.807) is 0 Å². The second-order valence-electron chi connectivity index (χ2n) is 8.16. The van der Waals surface area contributed by atoms with Crippen LogP contribution in [0.15, 0.2) is 64.6 Å². The standard InChI is InChI=1S/C24H26N4O2S/c1-15(2)13-20-23(30)27-21-18-11-7-8-12-19(18)26-24(28(20)21)31-16(3)22(29)25-14-17-9-5-4-6-10-17/h4-12,15-16,20H,13-14H2,1-3H3,(H,25,29). The average molecular weight is 435 g/mol. The number of amidine groups is 2. The van der Waals surface area contributed by atoms with E-state index in [0.29, 0.717) is 29.9 Å². The van der Waals surface area contributed by atoms with Crippen LogP contribution in [0.2, 0.25) is 0 Å². The second-order valence-corrected chi connectivity index (χ2v) is 9.47. The fourth-order valence-electron chi connectivity index (χ4n) is 3.70.